The Kier molecular flexibility index (Phi) is 5.35. The molecule has 6 rings (SSSR count). The van der Waals surface area contributed by atoms with Crippen molar-refractivity contribution in [1.82, 2.24) is 24.2 Å². The van der Waals surface area contributed by atoms with Gasteiger partial charge < -0.3 is 9.80 Å². The van der Waals surface area contributed by atoms with Crippen LogP contribution in [0.3, 0.4) is 0 Å². The molecule has 0 radical (unpaired) electrons. The molecule has 0 N–H and O–H groups in total. The second-order valence-corrected chi connectivity index (χ2v) is 9.89. The second kappa shape index (κ2) is 8.49. The van der Waals surface area contributed by atoms with Crippen molar-refractivity contribution in [2.24, 2.45) is 5.92 Å². The fourth-order valence-electron chi connectivity index (χ4n) is 6.16. The zero-order chi connectivity index (χ0) is 21.5. The molecule has 0 spiro atoms. The first-order valence-corrected chi connectivity index (χ1v) is 12.3. The first-order valence-electron chi connectivity index (χ1n) is 12.3. The zero-order valence-electron chi connectivity index (χ0n) is 19.2. The van der Waals surface area contributed by atoms with Crippen LogP contribution in [0.15, 0.2) is 42.7 Å². The molecule has 2 saturated heterocycles. The molecule has 0 saturated carbocycles. The van der Waals surface area contributed by atoms with E-state index in [1.807, 2.05) is 6.20 Å². The van der Waals surface area contributed by atoms with Crippen LogP contribution in [-0.2, 0) is 13.0 Å². The standard InChI is InChI=1S/C26H34N6/c1-29-13-5-15-30(17-16-29)24-9-2-8-23-28-22(19-32(23)24)18-31-14-4-7-21-11-10-20-6-3-12-27-25(20)26(21)31/h2-3,6,8-9,12,19,21,26H,4-5,7,10-11,13-18H2,1H3/t21-,26-/m0/s1. The van der Waals surface area contributed by atoms with Gasteiger partial charge in [0.15, 0.2) is 0 Å². The molecule has 0 unspecified atom stereocenters. The number of nitrogens with zero attached hydrogens (tertiary/aromatic N) is 6. The largest absolute Gasteiger partial charge is 0.356 e. The number of likely N-dealkylation sites (N-methyl/N-ethyl adjacent to an activating group) is 1. The lowest BCUT2D eigenvalue weighted by Crippen LogP contribution is -2.41. The maximum Gasteiger partial charge on any atom is 0.138 e. The number of likely N-dealkylation sites (tertiary alicyclic amines) is 1. The first kappa shape index (κ1) is 20.2. The van der Waals surface area contributed by atoms with Crippen LogP contribution in [0.25, 0.3) is 5.65 Å². The summed E-state index contributed by atoms with van der Waals surface area (Å²) < 4.78 is 2.31. The number of hydrogen-bond donors (Lipinski definition) is 0. The number of anilines is 1. The van der Waals surface area contributed by atoms with Crippen LogP contribution in [0.2, 0.25) is 0 Å². The van der Waals surface area contributed by atoms with Crippen molar-refractivity contribution in [1.29, 1.82) is 0 Å². The van der Waals surface area contributed by atoms with Crippen molar-refractivity contribution >= 4 is 11.5 Å². The van der Waals surface area contributed by atoms with Crippen LogP contribution in [0, 0.1) is 5.92 Å². The highest BCUT2D eigenvalue weighted by molar-refractivity contribution is 5.52. The summed E-state index contributed by atoms with van der Waals surface area (Å²) in [5, 5.41) is 0. The van der Waals surface area contributed by atoms with Crippen molar-refractivity contribution in [3.8, 4) is 0 Å². The van der Waals surface area contributed by atoms with Gasteiger partial charge in [0, 0.05) is 38.6 Å². The molecule has 168 valence electrons. The highest BCUT2D eigenvalue weighted by atomic mass is 15.3. The average molecular weight is 431 g/mol. The smallest absolute Gasteiger partial charge is 0.138 e. The molecule has 6 nitrogen and oxygen atoms in total. The van der Waals surface area contributed by atoms with Crippen molar-refractivity contribution < 1.29 is 0 Å². The maximum absolute atomic E-state index is 5.06. The molecular formula is C26H34N6. The fraction of sp³-hybridized carbons (Fsp3) is 0.538. The van der Waals surface area contributed by atoms with Gasteiger partial charge in [0.05, 0.1) is 17.4 Å². The third kappa shape index (κ3) is 3.69. The second-order valence-electron chi connectivity index (χ2n) is 9.89. The van der Waals surface area contributed by atoms with E-state index in [1.54, 1.807) is 0 Å². The number of imidazole rings is 1. The van der Waals surface area contributed by atoms with Gasteiger partial charge in [0.2, 0.25) is 0 Å². The van der Waals surface area contributed by atoms with Gasteiger partial charge >= 0.3 is 0 Å². The molecular weight excluding hydrogens is 396 g/mol. The van der Waals surface area contributed by atoms with E-state index >= 15 is 0 Å². The Morgan fingerprint density at radius 2 is 1.94 bits per heavy atom. The third-order valence-corrected chi connectivity index (χ3v) is 7.78. The van der Waals surface area contributed by atoms with Crippen LogP contribution < -0.4 is 4.90 Å². The number of pyridine rings is 2. The molecule has 0 aromatic carbocycles. The van der Waals surface area contributed by atoms with E-state index in [2.05, 4.69) is 62.7 Å². The fourth-order valence-corrected chi connectivity index (χ4v) is 6.16. The lowest BCUT2D eigenvalue weighted by molar-refractivity contribution is 0.0687. The van der Waals surface area contributed by atoms with Gasteiger partial charge in [0.1, 0.15) is 11.5 Å². The Bertz CT molecular complexity index is 1090. The normalized spacial score (nSPS) is 24.8. The molecule has 2 atom stereocenters. The van der Waals surface area contributed by atoms with Crippen LogP contribution in [0.4, 0.5) is 5.82 Å². The molecule has 0 bridgehead atoms. The van der Waals surface area contributed by atoms with Crippen LogP contribution in [0.5, 0.6) is 0 Å². The quantitative estimate of drug-likeness (QED) is 0.633. The maximum atomic E-state index is 5.06. The molecule has 2 aliphatic heterocycles. The Morgan fingerprint density at radius 1 is 0.969 bits per heavy atom. The predicted octanol–water partition coefficient (Wildman–Crippen LogP) is 3.77. The molecule has 1 aliphatic carbocycles. The van der Waals surface area contributed by atoms with Crippen molar-refractivity contribution in [3.63, 3.8) is 0 Å². The Hall–Kier alpha value is -2.44. The summed E-state index contributed by atoms with van der Waals surface area (Å²) in [6.07, 6.45) is 10.5. The summed E-state index contributed by atoms with van der Waals surface area (Å²) >= 11 is 0. The number of rotatable bonds is 3. The van der Waals surface area contributed by atoms with Crippen molar-refractivity contribution in [2.45, 2.75) is 44.7 Å². The summed E-state index contributed by atoms with van der Waals surface area (Å²) in [4.78, 5) is 17.5. The monoisotopic (exact) mass is 430 g/mol. The Morgan fingerprint density at radius 3 is 2.91 bits per heavy atom. The van der Waals surface area contributed by atoms with E-state index < -0.39 is 0 Å². The van der Waals surface area contributed by atoms with Crippen molar-refractivity contribution in [3.05, 3.63) is 59.7 Å². The predicted molar refractivity (Wildman–Crippen MR) is 128 cm³/mol. The number of hydrogen-bond acceptors (Lipinski definition) is 5. The molecule has 32 heavy (non-hydrogen) atoms. The van der Waals surface area contributed by atoms with Gasteiger partial charge in [-0.25, -0.2) is 4.98 Å². The lowest BCUT2D eigenvalue weighted by atomic mass is 9.77. The minimum absolute atomic E-state index is 0.444. The minimum Gasteiger partial charge on any atom is -0.356 e. The van der Waals surface area contributed by atoms with Gasteiger partial charge in [-0.2, -0.15) is 0 Å². The molecule has 3 aliphatic rings. The van der Waals surface area contributed by atoms with Gasteiger partial charge in [-0.15, -0.1) is 0 Å². The minimum atomic E-state index is 0.444. The molecule has 5 heterocycles. The average Bonchev–Trinajstić information content (AvgIpc) is 3.11. The number of aromatic nitrogens is 3. The van der Waals surface area contributed by atoms with E-state index in [9.17, 15) is 0 Å². The lowest BCUT2D eigenvalue weighted by Gasteiger charge is -2.44. The summed E-state index contributed by atoms with van der Waals surface area (Å²) in [6.45, 7) is 6.50. The highest BCUT2D eigenvalue weighted by Gasteiger charge is 2.37. The van der Waals surface area contributed by atoms with Gasteiger partial charge in [-0.05, 0) is 81.9 Å². The number of piperidine rings is 1. The molecule has 3 aromatic heterocycles. The summed E-state index contributed by atoms with van der Waals surface area (Å²) in [7, 11) is 2.23. The SMILES string of the molecule is CN1CCCN(c2cccc3nc(CN4CCC[C@H]5CCc6cccnc6[C@H]54)cn23)CC1. The van der Waals surface area contributed by atoms with Gasteiger partial charge in [0.25, 0.3) is 0 Å². The summed E-state index contributed by atoms with van der Waals surface area (Å²) in [5.41, 5.74) is 5.00. The summed E-state index contributed by atoms with van der Waals surface area (Å²) in [5.74, 6) is 2.01. The molecule has 3 aromatic rings. The van der Waals surface area contributed by atoms with Gasteiger partial charge in [-0.3, -0.25) is 14.3 Å². The zero-order valence-corrected chi connectivity index (χ0v) is 19.2. The Labute approximate surface area is 190 Å². The molecule has 0 amide bonds. The van der Waals surface area contributed by atoms with E-state index in [4.69, 9.17) is 9.97 Å². The number of fused-ring (bicyclic) bond motifs is 4. The van der Waals surface area contributed by atoms with E-state index in [-0.39, 0.29) is 0 Å². The van der Waals surface area contributed by atoms with Crippen LogP contribution in [0.1, 0.15) is 48.7 Å². The van der Waals surface area contributed by atoms with E-state index in [1.165, 1.54) is 61.4 Å². The third-order valence-electron chi connectivity index (χ3n) is 7.78. The number of aryl methyl sites for hydroxylation is 1. The molecule has 6 heteroatoms. The first-order chi connectivity index (χ1) is 15.8. The summed E-state index contributed by atoms with van der Waals surface area (Å²) in [6, 6.07) is 11.4. The van der Waals surface area contributed by atoms with Crippen molar-refractivity contribution in [2.75, 3.05) is 44.7 Å². The van der Waals surface area contributed by atoms with Gasteiger partial charge in [-0.1, -0.05) is 12.1 Å². The highest BCUT2D eigenvalue weighted by Crippen LogP contribution is 2.43. The van der Waals surface area contributed by atoms with Crippen LogP contribution >= 0.6 is 0 Å². The topological polar surface area (TPSA) is 39.9 Å². The Balaban J connectivity index is 1.29. The van der Waals surface area contributed by atoms with E-state index in [0.29, 0.717) is 6.04 Å². The van der Waals surface area contributed by atoms with E-state index in [0.717, 1.165) is 44.3 Å². The molecule has 2 fully saturated rings. The van der Waals surface area contributed by atoms with Crippen LogP contribution in [-0.4, -0.2) is 63.9 Å².